The van der Waals surface area contributed by atoms with Crippen molar-refractivity contribution < 1.29 is 4.48 Å². The van der Waals surface area contributed by atoms with Crippen LogP contribution in [0.5, 0.6) is 0 Å². The van der Waals surface area contributed by atoms with Crippen LogP contribution in [0.15, 0.2) is 9.03 Å². The van der Waals surface area contributed by atoms with E-state index < -0.39 is 0 Å². The van der Waals surface area contributed by atoms with Crippen molar-refractivity contribution in [1.82, 2.24) is 4.66 Å². The second-order valence-electron chi connectivity index (χ2n) is 0.728. The Hall–Kier alpha value is 0.520. The molecule has 1 aliphatic rings. The largest absolute Gasteiger partial charge is 0.205 e. The number of halogens is 1. The molecular weight excluding hydrogens is 154 g/mol. The maximum absolute atomic E-state index is 11.8. The molecule has 1 heterocycles. The third kappa shape index (κ3) is 1.84. The van der Waals surface area contributed by atoms with Gasteiger partial charge in [0.05, 0.1) is 0 Å². The average molecular weight is 155 g/mol. The van der Waals surface area contributed by atoms with Crippen LogP contribution < -0.4 is 0 Å². The van der Waals surface area contributed by atoms with Crippen LogP contribution in [0, 0.1) is 0 Å². The van der Waals surface area contributed by atoms with Gasteiger partial charge in [0.15, 0.2) is 8.52 Å². The molecule has 0 aromatic heterocycles. The van der Waals surface area contributed by atoms with Gasteiger partial charge in [-0.3, -0.25) is 0 Å². The van der Waals surface area contributed by atoms with Crippen LogP contribution in [-0.4, -0.2) is 4.66 Å². The maximum Gasteiger partial charge on any atom is 0.159 e. The zero-order chi connectivity index (χ0) is 5.11. The van der Waals surface area contributed by atoms with Crippen LogP contribution >= 0.6 is 25.9 Å². The highest BCUT2D eigenvalue weighted by atomic mass is 31.2. The molecule has 1 unspecified atom stereocenters. The van der Waals surface area contributed by atoms with Crippen molar-refractivity contribution in [2.24, 2.45) is 9.03 Å². The molecule has 0 saturated carbocycles. The lowest BCUT2D eigenvalue weighted by atomic mass is 13.7. The molecular formula is HFN3P3. The zero-order valence-corrected chi connectivity index (χ0v) is 5.90. The van der Waals surface area contributed by atoms with Crippen LogP contribution in [0.3, 0.4) is 0 Å². The van der Waals surface area contributed by atoms with Gasteiger partial charge in [0.2, 0.25) is 0 Å². The summed E-state index contributed by atoms with van der Waals surface area (Å²) in [6.45, 7) is 0. The fourth-order valence-electron chi connectivity index (χ4n) is 0.150. The van der Waals surface area contributed by atoms with Gasteiger partial charge < -0.3 is 0 Å². The van der Waals surface area contributed by atoms with E-state index in [1.807, 2.05) is 0 Å². The summed E-state index contributed by atoms with van der Waals surface area (Å²) < 4.78 is 19.6. The van der Waals surface area contributed by atoms with E-state index >= 15 is 0 Å². The van der Waals surface area contributed by atoms with Gasteiger partial charge >= 0.3 is 0 Å². The molecule has 7 heteroatoms. The van der Waals surface area contributed by atoms with E-state index in [0.29, 0.717) is 21.7 Å². The molecule has 0 aromatic carbocycles. The molecule has 0 aromatic rings. The minimum atomic E-state index is -0.0513. The van der Waals surface area contributed by atoms with Crippen molar-refractivity contribution in [2.45, 2.75) is 0 Å². The minimum Gasteiger partial charge on any atom is -0.205 e. The first kappa shape index (κ1) is 5.65. The Labute approximate surface area is 45.0 Å². The molecule has 38 valence electrons. The summed E-state index contributed by atoms with van der Waals surface area (Å²) >= 11 is 0. The predicted molar refractivity (Wildman–Crippen MR) is 30.0 cm³/mol. The van der Waals surface area contributed by atoms with E-state index in [1.54, 1.807) is 0 Å². The zero-order valence-electron chi connectivity index (χ0n) is 3.11. The monoisotopic (exact) mass is 155 g/mol. The Morgan fingerprint density at radius 2 is 2.57 bits per heavy atom. The van der Waals surface area contributed by atoms with E-state index in [9.17, 15) is 4.48 Å². The van der Waals surface area contributed by atoms with E-state index in [2.05, 4.69) is 9.03 Å². The summed E-state index contributed by atoms with van der Waals surface area (Å²) in [5, 5.41) is 0. The van der Waals surface area contributed by atoms with Crippen molar-refractivity contribution in [2.75, 3.05) is 0 Å². The molecule has 1 rings (SSSR count). The Balaban J connectivity index is 2.49. The Bertz CT molecular complexity index is 109. The van der Waals surface area contributed by atoms with Crippen LogP contribution in [0.25, 0.3) is 0 Å². The van der Waals surface area contributed by atoms with Gasteiger partial charge in [0, 0.05) is 0 Å². The van der Waals surface area contributed by atoms with E-state index in [4.69, 9.17) is 0 Å². The fraction of sp³-hybridized carbons (Fsp3) is 0. The van der Waals surface area contributed by atoms with Gasteiger partial charge in [-0.05, 0) is 4.66 Å². The highest BCUT2D eigenvalue weighted by Gasteiger charge is 1.98. The van der Waals surface area contributed by atoms with Crippen molar-refractivity contribution in [1.29, 1.82) is 0 Å². The summed E-state index contributed by atoms with van der Waals surface area (Å²) in [5.74, 6) is 0. The van der Waals surface area contributed by atoms with E-state index in [-0.39, 0.29) is 8.88 Å². The average Bonchev–Trinajstić information content (AvgIpc) is 1.69. The number of rotatable bonds is 0. The molecule has 0 bridgehead atoms. The third-order valence-corrected chi connectivity index (χ3v) is 2.54. The second kappa shape index (κ2) is 2.74. The van der Waals surface area contributed by atoms with Crippen LogP contribution in [-0.2, 0) is 0 Å². The first-order valence-corrected chi connectivity index (χ1v) is 3.91. The molecule has 0 spiro atoms. The standard InChI is InChI=1S/FHN3P3/c1-4-6-2-5-3-7-4/h6H. The second-order valence-corrected chi connectivity index (χ2v) is 3.92. The summed E-state index contributed by atoms with van der Waals surface area (Å²) in [6.07, 6.45) is 0. The lowest BCUT2D eigenvalue weighted by Crippen LogP contribution is -1.75. The van der Waals surface area contributed by atoms with Crippen molar-refractivity contribution in [3.63, 3.8) is 0 Å². The highest BCUT2D eigenvalue weighted by Crippen LogP contribution is 2.38. The lowest BCUT2D eigenvalue weighted by Gasteiger charge is -1.97. The Kier molecular flexibility index (Phi) is 2.21. The molecule has 0 N–H and O–H groups in total. The van der Waals surface area contributed by atoms with Crippen molar-refractivity contribution >= 4 is 25.9 Å². The lowest BCUT2D eigenvalue weighted by molar-refractivity contribution is 0.293. The molecule has 0 radical (unpaired) electrons. The molecule has 3 nitrogen and oxygen atoms in total. The summed E-state index contributed by atoms with van der Waals surface area (Å²) in [5.41, 5.74) is 0. The number of hydrogen-bond donors (Lipinski definition) is 0. The molecule has 1 atom stereocenters. The number of nitrogens with zero attached hydrogens (tertiary/aromatic N) is 3. The van der Waals surface area contributed by atoms with Gasteiger partial charge in [0.1, 0.15) is 17.4 Å². The first-order valence-electron chi connectivity index (χ1n) is 1.42. The van der Waals surface area contributed by atoms with Gasteiger partial charge in [0.25, 0.3) is 0 Å². The van der Waals surface area contributed by atoms with Crippen molar-refractivity contribution in [3.8, 4) is 0 Å². The third-order valence-electron chi connectivity index (χ3n) is 0.330. The van der Waals surface area contributed by atoms with Crippen LogP contribution in [0.4, 0.5) is 4.48 Å². The Morgan fingerprint density at radius 3 is 2.86 bits per heavy atom. The summed E-state index contributed by atoms with van der Waals surface area (Å²) in [7, 11) is 1.00. The molecule has 0 amide bonds. The maximum atomic E-state index is 11.8. The molecule has 0 saturated heterocycles. The minimum absolute atomic E-state index is 0.0513. The topological polar surface area (TPSA) is 28.0 Å². The number of hydrogen-bond acceptors (Lipinski definition) is 3. The van der Waals surface area contributed by atoms with Gasteiger partial charge in [-0.1, -0.05) is 0 Å². The van der Waals surface area contributed by atoms with Gasteiger partial charge in [-0.25, -0.2) is 4.52 Å². The van der Waals surface area contributed by atoms with Crippen LogP contribution in [0.1, 0.15) is 0 Å². The van der Waals surface area contributed by atoms with Crippen LogP contribution in [0.2, 0.25) is 0 Å². The molecule has 0 fully saturated rings. The predicted octanol–water partition coefficient (Wildman–Crippen LogP) is 2.78. The summed E-state index contributed by atoms with van der Waals surface area (Å²) in [6, 6.07) is 0. The molecule has 7 heavy (non-hydrogen) atoms. The molecule has 0 aliphatic carbocycles. The molecule has 1 aliphatic heterocycles. The first-order chi connectivity index (χ1) is 3.39. The normalized spacial score (nSPS) is 28.7. The quantitative estimate of drug-likeness (QED) is 0.390. The van der Waals surface area contributed by atoms with Gasteiger partial charge in [-0.15, -0.1) is 4.48 Å². The van der Waals surface area contributed by atoms with E-state index in [1.165, 1.54) is 0 Å². The van der Waals surface area contributed by atoms with Gasteiger partial charge in [-0.2, -0.15) is 4.52 Å². The highest BCUT2D eigenvalue weighted by molar-refractivity contribution is 7.55. The smallest absolute Gasteiger partial charge is 0.159 e. The van der Waals surface area contributed by atoms with Crippen molar-refractivity contribution in [3.05, 3.63) is 0 Å². The Morgan fingerprint density at radius 1 is 1.71 bits per heavy atom. The fourth-order valence-corrected chi connectivity index (χ4v) is 2.43. The summed E-state index contributed by atoms with van der Waals surface area (Å²) in [4.78, 5) is 0. The van der Waals surface area contributed by atoms with E-state index in [0.717, 1.165) is 0 Å². The SMILES string of the molecule is FN1P=NP=NP1.